The van der Waals surface area contributed by atoms with Gasteiger partial charge in [0.25, 0.3) is 0 Å². The number of H-pyrrole nitrogens is 1. The molecule has 0 aliphatic rings. The van der Waals surface area contributed by atoms with Crippen LogP contribution in [0, 0.1) is 6.92 Å². The number of hydrogen-bond acceptors (Lipinski definition) is 4. The number of rotatable bonds is 6. The second kappa shape index (κ2) is 6.86. The normalized spacial score (nSPS) is 11.2. The van der Waals surface area contributed by atoms with E-state index in [1.54, 1.807) is 0 Å². The summed E-state index contributed by atoms with van der Waals surface area (Å²) in [6.07, 6.45) is 5.87. The molecule has 0 atom stereocenters. The highest BCUT2D eigenvalue weighted by molar-refractivity contribution is 5.77. The van der Waals surface area contributed by atoms with Crippen molar-refractivity contribution in [3.63, 3.8) is 0 Å². The van der Waals surface area contributed by atoms with E-state index in [1.165, 1.54) is 11.1 Å². The Balaban J connectivity index is 1.34. The Hall–Kier alpha value is -2.99. The minimum Gasteiger partial charge on any atom is -0.308 e. The molecule has 4 aromatic rings. The number of aromatic nitrogens is 5. The third kappa shape index (κ3) is 3.59. The molecule has 0 saturated carbocycles. The van der Waals surface area contributed by atoms with Crippen molar-refractivity contribution in [2.24, 2.45) is 0 Å². The van der Waals surface area contributed by atoms with E-state index >= 15 is 0 Å². The number of aryl methyl sites for hydroxylation is 1. The van der Waals surface area contributed by atoms with Gasteiger partial charge < -0.3 is 5.32 Å². The Morgan fingerprint density at radius 3 is 2.76 bits per heavy atom. The molecule has 126 valence electrons. The highest BCUT2D eigenvalue weighted by Gasteiger charge is 2.04. The van der Waals surface area contributed by atoms with Crippen LogP contribution < -0.4 is 5.32 Å². The summed E-state index contributed by atoms with van der Waals surface area (Å²) in [4.78, 5) is 4.38. The van der Waals surface area contributed by atoms with Crippen molar-refractivity contribution in [1.29, 1.82) is 0 Å². The minimum absolute atomic E-state index is 0.761. The van der Waals surface area contributed by atoms with Gasteiger partial charge in [-0.15, -0.1) is 0 Å². The molecule has 0 radical (unpaired) electrons. The lowest BCUT2D eigenvalue weighted by molar-refractivity contribution is 0.677. The summed E-state index contributed by atoms with van der Waals surface area (Å²) in [5, 5.41) is 16.1. The first-order valence-electron chi connectivity index (χ1n) is 8.33. The highest BCUT2D eigenvalue weighted by Crippen LogP contribution is 2.14. The maximum absolute atomic E-state index is 4.43. The Kier molecular flexibility index (Phi) is 4.26. The number of nitrogens with one attached hydrogen (secondary N) is 2. The number of benzene rings is 1. The first kappa shape index (κ1) is 15.5. The molecule has 25 heavy (non-hydrogen) atoms. The SMILES string of the molecule is Cc1[nH]nc2ncc(CNCc3cnn(Cc4ccccc4)c3)cc12. The van der Waals surface area contributed by atoms with Crippen LogP contribution in [0.2, 0.25) is 0 Å². The zero-order valence-electron chi connectivity index (χ0n) is 14.1. The standard InChI is InChI=1S/C19H20N6/c1-14-18-7-16(10-21-19(18)24-23-14)8-20-9-17-11-22-25(13-17)12-15-5-3-2-4-6-15/h2-7,10-11,13,20H,8-9,12H2,1H3,(H,21,23,24). The van der Waals surface area contributed by atoms with Gasteiger partial charge in [-0.2, -0.15) is 10.2 Å². The van der Waals surface area contributed by atoms with E-state index in [2.05, 4.69) is 50.0 Å². The first-order chi connectivity index (χ1) is 12.3. The Morgan fingerprint density at radius 2 is 1.88 bits per heavy atom. The predicted molar refractivity (Wildman–Crippen MR) is 96.9 cm³/mol. The molecule has 0 amide bonds. The highest BCUT2D eigenvalue weighted by atomic mass is 15.3. The van der Waals surface area contributed by atoms with Gasteiger partial charge in [0, 0.05) is 42.1 Å². The minimum atomic E-state index is 0.761. The quantitative estimate of drug-likeness (QED) is 0.569. The molecule has 0 aliphatic heterocycles. The lowest BCUT2D eigenvalue weighted by Gasteiger charge is -2.03. The van der Waals surface area contributed by atoms with Gasteiger partial charge in [-0.3, -0.25) is 9.78 Å². The van der Waals surface area contributed by atoms with Gasteiger partial charge in [0.1, 0.15) is 0 Å². The largest absolute Gasteiger partial charge is 0.308 e. The zero-order valence-corrected chi connectivity index (χ0v) is 14.1. The lowest BCUT2D eigenvalue weighted by atomic mass is 10.2. The average Bonchev–Trinajstić information content (AvgIpc) is 3.23. The lowest BCUT2D eigenvalue weighted by Crippen LogP contribution is -2.12. The van der Waals surface area contributed by atoms with Crippen LogP contribution in [0.25, 0.3) is 11.0 Å². The van der Waals surface area contributed by atoms with Crippen LogP contribution in [0.15, 0.2) is 55.0 Å². The second-order valence-corrected chi connectivity index (χ2v) is 6.20. The van der Waals surface area contributed by atoms with Crippen molar-refractivity contribution in [2.75, 3.05) is 0 Å². The van der Waals surface area contributed by atoms with E-state index in [1.807, 2.05) is 42.2 Å². The fraction of sp³-hybridized carbons (Fsp3) is 0.211. The molecule has 3 heterocycles. The monoisotopic (exact) mass is 332 g/mol. The summed E-state index contributed by atoms with van der Waals surface area (Å²) in [6, 6.07) is 12.5. The van der Waals surface area contributed by atoms with Crippen molar-refractivity contribution in [3.8, 4) is 0 Å². The Morgan fingerprint density at radius 1 is 1.04 bits per heavy atom. The summed E-state index contributed by atoms with van der Waals surface area (Å²) in [5.74, 6) is 0. The Bertz CT molecular complexity index is 970. The van der Waals surface area contributed by atoms with E-state index in [4.69, 9.17) is 0 Å². The van der Waals surface area contributed by atoms with Gasteiger partial charge in [-0.25, -0.2) is 4.98 Å². The molecule has 2 N–H and O–H groups in total. The molecule has 3 aromatic heterocycles. The van der Waals surface area contributed by atoms with Gasteiger partial charge >= 0.3 is 0 Å². The summed E-state index contributed by atoms with van der Waals surface area (Å²) in [6.45, 7) is 4.34. The van der Waals surface area contributed by atoms with Gasteiger partial charge in [0.05, 0.1) is 12.7 Å². The zero-order chi connectivity index (χ0) is 17.1. The van der Waals surface area contributed by atoms with E-state index in [9.17, 15) is 0 Å². The van der Waals surface area contributed by atoms with Crippen LogP contribution >= 0.6 is 0 Å². The number of hydrogen-bond donors (Lipinski definition) is 2. The van der Waals surface area contributed by atoms with Crippen LogP contribution in [0.5, 0.6) is 0 Å². The molecule has 0 saturated heterocycles. The molecule has 0 spiro atoms. The molecule has 1 aromatic carbocycles. The van der Waals surface area contributed by atoms with Crippen LogP contribution in [-0.4, -0.2) is 25.0 Å². The molecule has 0 fully saturated rings. The second-order valence-electron chi connectivity index (χ2n) is 6.20. The van der Waals surface area contributed by atoms with E-state index in [-0.39, 0.29) is 0 Å². The summed E-state index contributed by atoms with van der Waals surface area (Å²) in [7, 11) is 0. The first-order valence-corrected chi connectivity index (χ1v) is 8.33. The van der Waals surface area contributed by atoms with Gasteiger partial charge in [-0.1, -0.05) is 30.3 Å². The van der Waals surface area contributed by atoms with Crippen LogP contribution in [0.1, 0.15) is 22.4 Å². The fourth-order valence-electron chi connectivity index (χ4n) is 2.87. The number of nitrogens with zero attached hydrogens (tertiary/aromatic N) is 4. The predicted octanol–water partition coefficient (Wildman–Crippen LogP) is 2.80. The molecule has 0 unspecified atom stereocenters. The van der Waals surface area contributed by atoms with Gasteiger partial charge in [-0.05, 0) is 24.1 Å². The van der Waals surface area contributed by atoms with Crippen molar-refractivity contribution >= 4 is 11.0 Å². The summed E-state index contributed by atoms with van der Waals surface area (Å²) >= 11 is 0. The van der Waals surface area contributed by atoms with Gasteiger partial charge in [0.15, 0.2) is 5.65 Å². The topological polar surface area (TPSA) is 71.4 Å². The number of fused-ring (bicyclic) bond motifs is 1. The van der Waals surface area contributed by atoms with Crippen molar-refractivity contribution in [1.82, 2.24) is 30.3 Å². The fourth-order valence-corrected chi connectivity index (χ4v) is 2.87. The summed E-state index contributed by atoms with van der Waals surface area (Å²) in [5.41, 5.74) is 5.38. The molecule has 0 bridgehead atoms. The number of pyridine rings is 1. The summed E-state index contributed by atoms with van der Waals surface area (Å²) < 4.78 is 1.97. The van der Waals surface area contributed by atoms with Crippen molar-refractivity contribution in [3.05, 3.63) is 77.4 Å². The third-order valence-electron chi connectivity index (χ3n) is 4.19. The van der Waals surface area contributed by atoms with E-state index in [0.717, 1.165) is 41.9 Å². The molecule has 6 nitrogen and oxygen atoms in total. The number of aromatic amines is 1. The maximum atomic E-state index is 4.43. The van der Waals surface area contributed by atoms with Gasteiger partial charge in [0.2, 0.25) is 0 Å². The average molecular weight is 332 g/mol. The third-order valence-corrected chi connectivity index (χ3v) is 4.19. The molecule has 0 aliphatic carbocycles. The molecular weight excluding hydrogens is 312 g/mol. The van der Waals surface area contributed by atoms with Crippen molar-refractivity contribution < 1.29 is 0 Å². The molecule has 4 rings (SSSR count). The smallest absolute Gasteiger partial charge is 0.181 e. The van der Waals surface area contributed by atoms with Crippen LogP contribution in [-0.2, 0) is 19.6 Å². The molecule has 6 heteroatoms. The van der Waals surface area contributed by atoms with Crippen LogP contribution in [0.3, 0.4) is 0 Å². The van der Waals surface area contributed by atoms with E-state index in [0.29, 0.717) is 0 Å². The maximum Gasteiger partial charge on any atom is 0.181 e. The van der Waals surface area contributed by atoms with Crippen molar-refractivity contribution in [2.45, 2.75) is 26.6 Å². The molecular formula is C19H20N6. The van der Waals surface area contributed by atoms with Crippen LogP contribution in [0.4, 0.5) is 0 Å². The van der Waals surface area contributed by atoms with E-state index < -0.39 is 0 Å². The Labute approximate surface area is 145 Å².